The fraction of sp³-hybridized carbons (Fsp3) is 0.190. The highest BCUT2D eigenvalue weighted by Gasteiger charge is 2.36. The van der Waals surface area contributed by atoms with Crippen LogP contribution in [0.25, 0.3) is 6.08 Å². The van der Waals surface area contributed by atoms with E-state index in [9.17, 15) is 14.4 Å². The number of anilines is 1. The van der Waals surface area contributed by atoms with Gasteiger partial charge in [-0.1, -0.05) is 44.2 Å². The standard InChI is InChI=1S/C21H20N2O4/c1-14(2)13-27-17-10-8-15(9-11-17)12-18-19(24)22-21(26)23(20(18)25)16-6-4-3-5-7-16/h3-12,14H,13H2,1-2H3,(H,22,24,26)/b18-12+. The second-order valence-electron chi connectivity index (χ2n) is 6.57. The van der Waals surface area contributed by atoms with E-state index in [1.165, 1.54) is 6.08 Å². The Hall–Kier alpha value is -3.41. The Balaban J connectivity index is 1.85. The molecule has 1 N–H and O–H groups in total. The molecule has 1 aliphatic rings. The van der Waals surface area contributed by atoms with Crippen LogP contribution in [0.3, 0.4) is 0 Å². The highest BCUT2D eigenvalue weighted by Crippen LogP contribution is 2.22. The number of urea groups is 1. The molecule has 27 heavy (non-hydrogen) atoms. The molecule has 6 heteroatoms. The van der Waals surface area contributed by atoms with Crippen LogP contribution >= 0.6 is 0 Å². The van der Waals surface area contributed by atoms with Gasteiger partial charge >= 0.3 is 6.03 Å². The summed E-state index contributed by atoms with van der Waals surface area (Å²) in [6, 6.07) is 14.8. The lowest BCUT2D eigenvalue weighted by Crippen LogP contribution is -2.54. The third-order valence-corrected chi connectivity index (χ3v) is 3.89. The first-order chi connectivity index (χ1) is 13.0. The molecule has 0 aromatic heterocycles. The van der Waals surface area contributed by atoms with Crippen molar-refractivity contribution in [1.82, 2.24) is 5.32 Å². The molecule has 2 aromatic carbocycles. The number of imide groups is 2. The number of hydrogen-bond donors (Lipinski definition) is 1. The second-order valence-corrected chi connectivity index (χ2v) is 6.57. The van der Waals surface area contributed by atoms with Crippen molar-refractivity contribution in [3.8, 4) is 5.75 Å². The Morgan fingerprint density at radius 3 is 2.30 bits per heavy atom. The van der Waals surface area contributed by atoms with Crippen molar-refractivity contribution in [3.63, 3.8) is 0 Å². The Bertz CT molecular complexity index is 886. The number of barbiturate groups is 1. The van der Waals surface area contributed by atoms with E-state index in [2.05, 4.69) is 19.2 Å². The van der Waals surface area contributed by atoms with Crippen molar-refractivity contribution in [2.75, 3.05) is 11.5 Å². The second kappa shape index (κ2) is 7.86. The summed E-state index contributed by atoms with van der Waals surface area (Å²) >= 11 is 0. The molecule has 0 atom stereocenters. The van der Waals surface area contributed by atoms with Crippen LogP contribution in [-0.2, 0) is 9.59 Å². The van der Waals surface area contributed by atoms with Crippen LogP contribution in [0, 0.1) is 5.92 Å². The largest absolute Gasteiger partial charge is 0.493 e. The molecular formula is C21H20N2O4. The summed E-state index contributed by atoms with van der Waals surface area (Å²) in [5.74, 6) is -0.240. The average Bonchev–Trinajstić information content (AvgIpc) is 2.65. The first-order valence-corrected chi connectivity index (χ1v) is 8.65. The molecule has 0 spiro atoms. The van der Waals surface area contributed by atoms with Gasteiger partial charge < -0.3 is 4.74 Å². The number of rotatable bonds is 5. The van der Waals surface area contributed by atoms with E-state index in [0.29, 0.717) is 29.5 Å². The van der Waals surface area contributed by atoms with E-state index < -0.39 is 17.8 Å². The van der Waals surface area contributed by atoms with Crippen molar-refractivity contribution < 1.29 is 19.1 Å². The van der Waals surface area contributed by atoms with Gasteiger partial charge in [-0.15, -0.1) is 0 Å². The first kappa shape index (κ1) is 18.4. The van der Waals surface area contributed by atoms with Crippen molar-refractivity contribution in [2.45, 2.75) is 13.8 Å². The van der Waals surface area contributed by atoms with Gasteiger partial charge in [0.1, 0.15) is 11.3 Å². The van der Waals surface area contributed by atoms with E-state index in [1.54, 1.807) is 54.6 Å². The van der Waals surface area contributed by atoms with Crippen LogP contribution in [0.1, 0.15) is 19.4 Å². The Morgan fingerprint density at radius 2 is 1.67 bits per heavy atom. The van der Waals surface area contributed by atoms with Crippen molar-refractivity contribution in [3.05, 3.63) is 65.7 Å². The predicted molar refractivity (Wildman–Crippen MR) is 102 cm³/mol. The fourth-order valence-electron chi connectivity index (χ4n) is 2.56. The molecule has 138 valence electrons. The maximum Gasteiger partial charge on any atom is 0.335 e. The van der Waals surface area contributed by atoms with E-state index in [1.807, 2.05) is 0 Å². The first-order valence-electron chi connectivity index (χ1n) is 8.65. The van der Waals surface area contributed by atoms with Crippen molar-refractivity contribution in [2.24, 2.45) is 5.92 Å². The minimum Gasteiger partial charge on any atom is -0.493 e. The SMILES string of the molecule is CC(C)COc1ccc(/C=C2\C(=O)NC(=O)N(c3ccccc3)C2=O)cc1. The van der Waals surface area contributed by atoms with Crippen LogP contribution in [0.4, 0.5) is 10.5 Å². The molecule has 1 aliphatic heterocycles. The highest BCUT2D eigenvalue weighted by molar-refractivity contribution is 6.39. The van der Waals surface area contributed by atoms with Gasteiger partial charge in [0.15, 0.2) is 0 Å². The predicted octanol–water partition coefficient (Wildman–Crippen LogP) is 3.39. The molecule has 1 saturated heterocycles. The van der Waals surface area contributed by atoms with E-state index in [4.69, 9.17) is 4.74 Å². The Kier molecular flexibility index (Phi) is 5.35. The third kappa shape index (κ3) is 4.23. The van der Waals surface area contributed by atoms with Gasteiger partial charge in [-0.2, -0.15) is 0 Å². The molecule has 0 saturated carbocycles. The van der Waals surface area contributed by atoms with Crippen LogP contribution < -0.4 is 15.0 Å². The highest BCUT2D eigenvalue weighted by atomic mass is 16.5. The zero-order chi connectivity index (χ0) is 19.4. The maximum atomic E-state index is 12.7. The summed E-state index contributed by atoms with van der Waals surface area (Å²) in [5, 5.41) is 2.21. The molecule has 0 aliphatic carbocycles. The number of ether oxygens (including phenoxy) is 1. The summed E-state index contributed by atoms with van der Waals surface area (Å²) in [5.41, 5.74) is 0.956. The third-order valence-electron chi connectivity index (χ3n) is 3.89. The monoisotopic (exact) mass is 364 g/mol. The number of hydrogen-bond acceptors (Lipinski definition) is 4. The van der Waals surface area contributed by atoms with Crippen LogP contribution in [0.5, 0.6) is 5.75 Å². The van der Waals surface area contributed by atoms with Gasteiger partial charge in [-0.25, -0.2) is 9.69 Å². The fourth-order valence-corrected chi connectivity index (χ4v) is 2.56. The number of nitrogens with one attached hydrogen (secondary N) is 1. The molecule has 0 unspecified atom stereocenters. The van der Waals surface area contributed by atoms with Gasteiger partial charge in [0.05, 0.1) is 12.3 Å². The van der Waals surface area contributed by atoms with E-state index in [0.717, 1.165) is 4.90 Å². The molecule has 1 heterocycles. The summed E-state index contributed by atoms with van der Waals surface area (Å²) in [7, 11) is 0. The number of carbonyl (C=O) groups is 3. The van der Waals surface area contributed by atoms with Gasteiger partial charge in [0.2, 0.25) is 0 Å². The molecule has 0 bridgehead atoms. The zero-order valence-corrected chi connectivity index (χ0v) is 15.1. The summed E-state index contributed by atoms with van der Waals surface area (Å²) in [6.45, 7) is 4.73. The molecule has 0 radical (unpaired) electrons. The van der Waals surface area contributed by atoms with E-state index >= 15 is 0 Å². The van der Waals surface area contributed by atoms with Gasteiger partial charge in [-0.05, 0) is 41.8 Å². The number of carbonyl (C=O) groups excluding carboxylic acids is 3. The van der Waals surface area contributed by atoms with Gasteiger partial charge in [-0.3, -0.25) is 14.9 Å². The molecule has 4 amide bonds. The molecule has 2 aromatic rings. The summed E-state index contributed by atoms with van der Waals surface area (Å²) < 4.78 is 5.62. The van der Waals surface area contributed by atoms with Crippen LogP contribution in [-0.4, -0.2) is 24.5 Å². The molecule has 6 nitrogen and oxygen atoms in total. The number of nitrogens with zero attached hydrogens (tertiary/aromatic N) is 1. The van der Waals surface area contributed by atoms with Crippen molar-refractivity contribution in [1.29, 1.82) is 0 Å². The zero-order valence-electron chi connectivity index (χ0n) is 15.1. The summed E-state index contributed by atoms with van der Waals surface area (Å²) in [4.78, 5) is 38.0. The minimum atomic E-state index is -0.759. The van der Waals surface area contributed by atoms with Crippen LogP contribution in [0.2, 0.25) is 0 Å². The average molecular weight is 364 g/mol. The Morgan fingerprint density at radius 1 is 1.00 bits per heavy atom. The quantitative estimate of drug-likeness (QED) is 0.652. The number of amides is 4. The van der Waals surface area contributed by atoms with Crippen LogP contribution in [0.15, 0.2) is 60.2 Å². The van der Waals surface area contributed by atoms with Gasteiger partial charge in [0, 0.05) is 0 Å². The van der Waals surface area contributed by atoms with Crippen molar-refractivity contribution >= 4 is 29.6 Å². The normalized spacial score (nSPS) is 16.0. The lowest BCUT2D eigenvalue weighted by molar-refractivity contribution is -0.122. The van der Waals surface area contributed by atoms with Gasteiger partial charge in [0.25, 0.3) is 11.8 Å². The number of benzene rings is 2. The smallest absolute Gasteiger partial charge is 0.335 e. The maximum absolute atomic E-state index is 12.7. The lowest BCUT2D eigenvalue weighted by atomic mass is 10.1. The number of para-hydroxylation sites is 1. The molecule has 3 rings (SSSR count). The topological polar surface area (TPSA) is 75.7 Å². The lowest BCUT2D eigenvalue weighted by Gasteiger charge is -2.26. The molecular weight excluding hydrogens is 344 g/mol. The summed E-state index contributed by atoms with van der Waals surface area (Å²) in [6.07, 6.45) is 1.46. The van der Waals surface area contributed by atoms with E-state index in [-0.39, 0.29) is 5.57 Å². The minimum absolute atomic E-state index is 0.102. The molecule has 1 fully saturated rings. The Labute approximate surface area is 157 Å².